The van der Waals surface area contributed by atoms with E-state index in [9.17, 15) is 4.79 Å². The zero-order valence-electron chi connectivity index (χ0n) is 14.4. The van der Waals surface area contributed by atoms with Crippen LogP contribution in [0.4, 0.5) is 0 Å². The summed E-state index contributed by atoms with van der Waals surface area (Å²) in [4.78, 5) is 22.8. The highest BCUT2D eigenvalue weighted by Crippen LogP contribution is 2.29. The molecule has 1 aliphatic rings. The Balaban J connectivity index is 1.50. The van der Waals surface area contributed by atoms with Crippen molar-refractivity contribution in [1.82, 2.24) is 14.9 Å². The second-order valence-corrected chi connectivity index (χ2v) is 6.17. The number of likely N-dealkylation sites (tertiary alicyclic amines) is 1. The molecule has 0 aliphatic carbocycles. The molecule has 134 valence electrons. The van der Waals surface area contributed by atoms with E-state index in [-0.39, 0.29) is 12.0 Å². The molecule has 3 heterocycles. The summed E-state index contributed by atoms with van der Waals surface area (Å²) in [5, 5.41) is 0.845. The van der Waals surface area contributed by atoms with Crippen molar-refractivity contribution < 1.29 is 18.7 Å². The summed E-state index contributed by atoms with van der Waals surface area (Å²) >= 11 is 0. The molecule has 1 saturated heterocycles. The first kappa shape index (κ1) is 16.4. The van der Waals surface area contributed by atoms with Crippen LogP contribution in [0.15, 0.2) is 47.3 Å². The number of benzene rings is 1. The van der Waals surface area contributed by atoms with Crippen molar-refractivity contribution in [2.45, 2.75) is 18.9 Å². The van der Waals surface area contributed by atoms with Gasteiger partial charge in [-0.3, -0.25) is 9.78 Å². The number of para-hydroxylation sites is 1. The van der Waals surface area contributed by atoms with E-state index in [0.717, 1.165) is 18.2 Å². The molecule has 1 atom stereocenters. The standard InChI is InChI=1S/C19H19N3O4/c1-24-15-6-2-4-13-10-16(26-18(13)15)19(23)22-9-3-5-14(12-22)25-17-11-20-7-8-21-17/h2,4,6-8,10-11,14H,3,5,9,12H2,1H3/t14-/m0/s1. The molecule has 1 fully saturated rings. The van der Waals surface area contributed by atoms with E-state index in [2.05, 4.69) is 9.97 Å². The number of furan rings is 1. The lowest BCUT2D eigenvalue weighted by Crippen LogP contribution is -2.44. The van der Waals surface area contributed by atoms with Crippen LogP contribution < -0.4 is 9.47 Å². The van der Waals surface area contributed by atoms with Gasteiger partial charge in [-0.25, -0.2) is 4.98 Å². The SMILES string of the molecule is COc1cccc2cc(C(=O)N3CCC[C@H](Oc4cnccn4)C3)oc12. The Morgan fingerprint density at radius 1 is 1.35 bits per heavy atom. The van der Waals surface area contributed by atoms with Crippen molar-refractivity contribution in [3.05, 3.63) is 48.6 Å². The van der Waals surface area contributed by atoms with Crippen molar-refractivity contribution in [2.24, 2.45) is 0 Å². The molecular weight excluding hydrogens is 334 g/mol. The maximum atomic E-state index is 12.9. The van der Waals surface area contributed by atoms with Gasteiger partial charge in [0.05, 0.1) is 19.9 Å². The minimum atomic E-state index is -0.143. The van der Waals surface area contributed by atoms with Crippen LogP contribution in [0.5, 0.6) is 11.6 Å². The van der Waals surface area contributed by atoms with Gasteiger partial charge in [0.2, 0.25) is 5.88 Å². The number of carbonyl (C=O) groups excluding carboxylic acids is 1. The molecule has 0 unspecified atom stereocenters. The van der Waals surface area contributed by atoms with Crippen LogP contribution in [0.25, 0.3) is 11.0 Å². The van der Waals surface area contributed by atoms with Crippen molar-refractivity contribution in [3.8, 4) is 11.6 Å². The van der Waals surface area contributed by atoms with Crippen LogP contribution in [0.1, 0.15) is 23.4 Å². The molecule has 7 heteroatoms. The van der Waals surface area contributed by atoms with E-state index in [0.29, 0.717) is 36.1 Å². The molecule has 0 radical (unpaired) electrons. The predicted octanol–water partition coefficient (Wildman–Crippen LogP) is 2.92. The minimum Gasteiger partial charge on any atom is -0.493 e. The van der Waals surface area contributed by atoms with Crippen LogP contribution >= 0.6 is 0 Å². The molecule has 1 amide bonds. The highest BCUT2D eigenvalue weighted by atomic mass is 16.5. The normalized spacial score (nSPS) is 17.3. The molecular formula is C19H19N3O4. The van der Waals surface area contributed by atoms with Gasteiger partial charge in [0.1, 0.15) is 6.10 Å². The molecule has 1 aliphatic heterocycles. The molecule has 0 bridgehead atoms. The van der Waals surface area contributed by atoms with Crippen LogP contribution in [0.2, 0.25) is 0 Å². The highest BCUT2D eigenvalue weighted by Gasteiger charge is 2.28. The van der Waals surface area contributed by atoms with Gasteiger partial charge in [0.25, 0.3) is 5.91 Å². The first-order valence-corrected chi connectivity index (χ1v) is 8.53. The maximum absolute atomic E-state index is 12.9. The van der Waals surface area contributed by atoms with Gasteiger partial charge in [-0.2, -0.15) is 0 Å². The molecule has 0 spiro atoms. The lowest BCUT2D eigenvalue weighted by molar-refractivity contribution is 0.0501. The number of nitrogens with zero attached hydrogens (tertiary/aromatic N) is 3. The first-order valence-electron chi connectivity index (χ1n) is 8.53. The number of methoxy groups -OCH3 is 1. The van der Waals surface area contributed by atoms with E-state index in [4.69, 9.17) is 13.9 Å². The molecule has 4 rings (SSSR count). The number of piperidine rings is 1. The summed E-state index contributed by atoms with van der Waals surface area (Å²) in [6, 6.07) is 7.34. The molecule has 3 aromatic rings. The average molecular weight is 353 g/mol. The summed E-state index contributed by atoms with van der Waals surface area (Å²) in [5.74, 6) is 1.25. The van der Waals surface area contributed by atoms with Gasteiger partial charge in [0.15, 0.2) is 17.1 Å². The van der Waals surface area contributed by atoms with Crippen LogP contribution in [-0.4, -0.2) is 47.1 Å². The Morgan fingerprint density at radius 2 is 2.27 bits per heavy atom. The molecule has 0 N–H and O–H groups in total. The van der Waals surface area contributed by atoms with E-state index in [1.165, 1.54) is 0 Å². The molecule has 7 nitrogen and oxygen atoms in total. The average Bonchev–Trinajstić information content (AvgIpc) is 3.12. The third-order valence-electron chi connectivity index (χ3n) is 4.43. The summed E-state index contributed by atoms with van der Waals surface area (Å²) < 4.78 is 16.9. The fourth-order valence-corrected chi connectivity index (χ4v) is 3.19. The Morgan fingerprint density at radius 3 is 3.08 bits per heavy atom. The number of carbonyl (C=O) groups is 1. The number of fused-ring (bicyclic) bond motifs is 1. The number of rotatable bonds is 4. The molecule has 1 aromatic carbocycles. The van der Waals surface area contributed by atoms with E-state index < -0.39 is 0 Å². The lowest BCUT2D eigenvalue weighted by atomic mass is 10.1. The Kier molecular flexibility index (Phi) is 4.43. The number of amides is 1. The largest absolute Gasteiger partial charge is 0.493 e. The van der Waals surface area contributed by atoms with Gasteiger partial charge in [-0.05, 0) is 25.0 Å². The maximum Gasteiger partial charge on any atom is 0.289 e. The topological polar surface area (TPSA) is 77.7 Å². The summed E-state index contributed by atoms with van der Waals surface area (Å²) in [7, 11) is 1.58. The van der Waals surface area contributed by atoms with Gasteiger partial charge in [-0.15, -0.1) is 0 Å². The van der Waals surface area contributed by atoms with Gasteiger partial charge in [-0.1, -0.05) is 12.1 Å². The van der Waals surface area contributed by atoms with Crippen LogP contribution in [0.3, 0.4) is 0 Å². The summed E-state index contributed by atoms with van der Waals surface area (Å²) in [6.07, 6.45) is 6.38. The number of hydrogen-bond donors (Lipinski definition) is 0. The van der Waals surface area contributed by atoms with Gasteiger partial charge in [0, 0.05) is 24.3 Å². The lowest BCUT2D eigenvalue weighted by Gasteiger charge is -2.31. The second kappa shape index (κ2) is 7.03. The first-order chi connectivity index (χ1) is 12.7. The number of aromatic nitrogens is 2. The van der Waals surface area contributed by atoms with E-state index in [1.54, 1.807) is 36.7 Å². The predicted molar refractivity (Wildman–Crippen MR) is 94.4 cm³/mol. The molecule has 2 aromatic heterocycles. The fraction of sp³-hybridized carbons (Fsp3) is 0.316. The number of ether oxygens (including phenoxy) is 2. The van der Waals surface area contributed by atoms with Crippen molar-refractivity contribution >= 4 is 16.9 Å². The van der Waals surface area contributed by atoms with E-state index in [1.807, 2.05) is 18.2 Å². The van der Waals surface area contributed by atoms with Crippen LogP contribution in [0, 0.1) is 0 Å². The highest BCUT2D eigenvalue weighted by molar-refractivity contribution is 5.97. The minimum absolute atomic E-state index is 0.108. The summed E-state index contributed by atoms with van der Waals surface area (Å²) in [5.41, 5.74) is 0.586. The third kappa shape index (κ3) is 3.20. The Hall–Kier alpha value is -3.09. The van der Waals surface area contributed by atoms with Crippen molar-refractivity contribution in [1.29, 1.82) is 0 Å². The third-order valence-corrected chi connectivity index (χ3v) is 4.43. The zero-order chi connectivity index (χ0) is 17.9. The molecule has 0 saturated carbocycles. The molecule has 26 heavy (non-hydrogen) atoms. The Labute approximate surface area is 150 Å². The summed E-state index contributed by atoms with van der Waals surface area (Å²) in [6.45, 7) is 1.16. The zero-order valence-corrected chi connectivity index (χ0v) is 14.4. The van der Waals surface area contributed by atoms with Crippen molar-refractivity contribution in [3.63, 3.8) is 0 Å². The van der Waals surface area contributed by atoms with Crippen LogP contribution in [-0.2, 0) is 0 Å². The Bertz CT molecular complexity index is 910. The van der Waals surface area contributed by atoms with Gasteiger partial charge >= 0.3 is 0 Å². The monoisotopic (exact) mass is 353 g/mol. The quantitative estimate of drug-likeness (QED) is 0.718. The second-order valence-electron chi connectivity index (χ2n) is 6.17. The fourth-order valence-electron chi connectivity index (χ4n) is 3.19. The van der Waals surface area contributed by atoms with Gasteiger partial charge < -0.3 is 18.8 Å². The number of hydrogen-bond acceptors (Lipinski definition) is 6. The van der Waals surface area contributed by atoms with E-state index >= 15 is 0 Å². The van der Waals surface area contributed by atoms with Crippen molar-refractivity contribution in [2.75, 3.05) is 20.2 Å². The smallest absolute Gasteiger partial charge is 0.289 e.